The Morgan fingerprint density at radius 1 is 1.26 bits per heavy atom. The molecule has 2 aromatic rings. The number of nitrogens with zero attached hydrogens (tertiary/aromatic N) is 3. The summed E-state index contributed by atoms with van der Waals surface area (Å²) in [6.07, 6.45) is 1.70. The van der Waals surface area contributed by atoms with Crippen molar-refractivity contribution in [3.8, 4) is 5.88 Å². The fourth-order valence-corrected chi connectivity index (χ4v) is 2.29. The lowest BCUT2D eigenvalue weighted by atomic mass is 10.1. The first-order valence-electron chi connectivity index (χ1n) is 5.90. The van der Waals surface area contributed by atoms with Gasteiger partial charge in [0.05, 0.1) is 17.8 Å². The van der Waals surface area contributed by atoms with E-state index in [4.69, 9.17) is 4.74 Å². The summed E-state index contributed by atoms with van der Waals surface area (Å²) in [5.74, 6) is 1.13. The summed E-state index contributed by atoms with van der Waals surface area (Å²) in [7, 11) is 3.54. The number of hydrogen-bond donors (Lipinski definition) is 0. The normalized spacial score (nSPS) is 10.4. The van der Waals surface area contributed by atoms with Gasteiger partial charge in [-0.3, -0.25) is 0 Å². The molecule has 0 unspecified atom stereocenters. The average Bonchev–Trinajstić information content (AvgIpc) is 2.38. The van der Waals surface area contributed by atoms with Crippen LogP contribution < -0.4 is 9.64 Å². The molecule has 0 fully saturated rings. The van der Waals surface area contributed by atoms with Gasteiger partial charge < -0.3 is 9.64 Å². The Labute approximate surface area is 121 Å². The molecular weight excluding hydrogens is 306 g/mol. The highest BCUT2D eigenvalue weighted by atomic mass is 79.9. The predicted molar refractivity (Wildman–Crippen MR) is 80.3 cm³/mol. The largest absolute Gasteiger partial charge is 0.480 e. The molecule has 1 aromatic carbocycles. The van der Waals surface area contributed by atoms with Crippen LogP contribution in [0.25, 0.3) is 0 Å². The minimum absolute atomic E-state index is 0.529. The van der Waals surface area contributed by atoms with Gasteiger partial charge in [0.25, 0.3) is 0 Å². The third kappa shape index (κ3) is 2.87. The van der Waals surface area contributed by atoms with Gasteiger partial charge in [-0.05, 0) is 41.4 Å². The van der Waals surface area contributed by atoms with Gasteiger partial charge in [-0.15, -0.1) is 0 Å². The van der Waals surface area contributed by atoms with Crippen LogP contribution in [0.3, 0.4) is 0 Å². The van der Waals surface area contributed by atoms with Gasteiger partial charge in [0, 0.05) is 12.7 Å². The van der Waals surface area contributed by atoms with E-state index in [1.165, 1.54) is 11.1 Å². The van der Waals surface area contributed by atoms with Crippen LogP contribution in [-0.4, -0.2) is 24.1 Å². The van der Waals surface area contributed by atoms with Crippen molar-refractivity contribution in [1.29, 1.82) is 0 Å². The van der Waals surface area contributed by atoms with Gasteiger partial charge >= 0.3 is 0 Å². The summed E-state index contributed by atoms with van der Waals surface area (Å²) in [6.45, 7) is 4.16. The van der Waals surface area contributed by atoms with Crippen molar-refractivity contribution < 1.29 is 4.74 Å². The molecule has 1 heterocycles. The van der Waals surface area contributed by atoms with E-state index in [9.17, 15) is 0 Å². The van der Waals surface area contributed by atoms with Crippen molar-refractivity contribution in [3.63, 3.8) is 0 Å². The number of rotatable bonds is 3. The fraction of sp³-hybridized carbons (Fsp3) is 0.286. The van der Waals surface area contributed by atoms with Crippen LogP contribution in [0.2, 0.25) is 0 Å². The van der Waals surface area contributed by atoms with Crippen LogP contribution in [0.5, 0.6) is 5.88 Å². The van der Waals surface area contributed by atoms with Crippen LogP contribution in [0.1, 0.15) is 11.1 Å². The van der Waals surface area contributed by atoms with E-state index in [1.54, 1.807) is 13.3 Å². The second-order valence-corrected chi connectivity index (χ2v) is 5.23. The Morgan fingerprint density at radius 3 is 2.63 bits per heavy atom. The van der Waals surface area contributed by atoms with E-state index in [0.29, 0.717) is 11.8 Å². The summed E-state index contributed by atoms with van der Waals surface area (Å²) in [4.78, 5) is 10.6. The molecule has 0 aliphatic rings. The molecule has 100 valence electrons. The molecule has 0 aliphatic carbocycles. The first kappa shape index (κ1) is 13.8. The second kappa shape index (κ2) is 5.57. The van der Waals surface area contributed by atoms with Crippen LogP contribution in [0, 0.1) is 13.8 Å². The van der Waals surface area contributed by atoms with E-state index < -0.39 is 0 Å². The standard InChI is InChI=1S/C14H16BrN3O/c1-9-5-6-12(10(2)7-9)18(3)14-16-8-11(15)13(17-14)19-4/h5-8H,1-4H3. The van der Waals surface area contributed by atoms with Crippen LogP contribution >= 0.6 is 15.9 Å². The SMILES string of the molecule is COc1nc(N(C)c2ccc(C)cc2C)ncc1Br. The Balaban J connectivity index is 2.40. The highest BCUT2D eigenvalue weighted by Gasteiger charge is 2.12. The average molecular weight is 322 g/mol. The number of ether oxygens (including phenoxy) is 1. The van der Waals surface area contributed by atoms with E-state index in [-0.39, 0.29) is 0 Å². The maximum absolute atomic E-state index is 5.20. The molecule has 1 aromatic heterocycles. The van der Waals surface area contributed by atoms with Crippen molar-refractivity contribution in [1.82, 2.24) is 9.97 Å². The smallest absolute Gasteiger partial charge is 0.232 e. The van der Waals surface area contributed by atoms with Gasteiger partial charge in [0.2, 0.25) is 11.8 Å². The molecule has 4 nitrogen and oxygen atoms in total. The first-order chi connectivity index (χ1) is 9.02. The predicted octanol–water partition coefficient (Wildman–Crippen LogP) is 3.63. The molecule has 0 saturated heterocycles. The topological polar surface area (TPSA) is 38.2 Å². The van der Waals surface area contributed by atoms with E-state index in [1.807, 2.05) is 11.9 Å². The summed E-state index contributed by atoms with van der Waals surface area (Å²) >= 11 is 3.35. The fourth-order valence-electron chi connectivity index (χ4n) is 1.94. The van der Waals surface area contributed by atoms with Crippen molar-refractivity contribution in [2.75, 3.05) is 19.1 Å². The zero-order valence-corrected chi connectivity index (χ0v) is 13.0. The molecule has 0 amide bonds. The lowest BCUT2D eigenvalue weighted by Gasteiger charge is -2.20. The zero-order valence-electron chi connectivity index (χ0n) is 11.4. The van der Waals surface area contributed by atoms with Crippen molar-refractivity contribution in [2.24, 2.45) is 0 Å². The molecule has 5 heteroatoms. The summed E-state index contributed by atoms with van der Waals surface area (Å²) in [6, 6.07) is 6.29. The number of anilines is 2. The number of halogens is 1. The number of aromatic nitrogens is 2. The Hall–Kier alpha value is -1.62. The molecular formula is C14H16BrN3O. The minimum atomic E-state index is 0.529. The Bertz CT molecular complexity index is 601. The van der Waals surface area contributed by atoms with E-state index >= 15 is 0 Å². The van der Waals surface area contributed by atoms with E-state index in [2.05, 4.69) is 57.9 Å². The summed E-state index contributed by atoms with van der Waals surface area (Å²) in [5.41, 5.74) is 3.51. The summed E-state index contributed by atoms with van der Waals surface area (Å²) < 4.78 is 5.94. The number of methoxy groups -OCH3 is 1. The molecule has 0 spiro atoms. The number of benzene rings is 1. The van der Waals surface area contributed by atoms with Crippen LogP contribution in [-0.2, 0) is 0 Å². The lowest BCUT2D eigenvalue weighted by molar-refractivity contribution is 0.394. The quantitative estimate of drug-likeness (QED) is 0.865. The van der Waals surface area contributed by atoms with Gasteiger partial charge in [-0.1, -0.05) is 17.7 Å². The van der Waals surface area contributed by atoms with Gasteiger partial charge in [0.1, 0.15) is 0 Å². The maximum atomic E-state index is 5.20. The molecule has 0 bridgehead atoms. The molecule has 0 aliphatic heterocycles. The molecule has 19 heavy (non-hydrogen) atoms. The Morgan fingerprint density at radius 2 is 2.00 bits per heavy atom. The van der Waals surface area contributed by atoms with Crippen molar-refractivity contribution in [2.45, 2.75) is 13.8 Å². The highest BCUT2D eigenvalue weighted by molar-refractivity contribution is 9.10. The third-order valence-corrected chi connectivity index (χ3v) is 3.45. The molecule has 0 atom stereocenters. The monoisotopic (exact) mass is 321 g/mol. The van der Waals surface area contributed by atoms with Crippen molar-refractivity contribution >= 4 is 27.6 Å². The maximum Gasteiger partial charge on any atom is 0.232 e. The molecule has 0 saturated carbocycles. The molecule has 2 rings (SSSR count). The molecule has 0 radical (unpaired) electrons. The second-order valence-electron chi connectivity index (χ2n) is 4.38. The highest BCUT2D eigenvalue weighted by Crippen LogP contribution is 2.28. The van der Waals surface area contributed by atoms with Crippen LogP contribution in [0.4, 0.5) is 11.6 Å². The number of hydrogen-bond acceptors (Lipinski definition) is 4. The Kier molecular flexibility index (Phi) is 4.04. The van der Waals surface area contributed by atoms with Gasteiger partial charge in [-0.2, -0.15) is 4.98 Å². The van der Waals surface area contributed by atoms with Gasteiger partial charge in [-0.25, -0.2) is 4.98 Å². The number of aryl methyl sites for hydroxylation is 2. The zero-order chi connectivity index (χ0) is 14.0. The minimum Gasteiger partial charge on any atom is -0.480 e. The van der Waals surface area contributed by atoms with Crippen LogP contribution in [0.15, 0.2) is 28.9 Å². The summed E-state index contributed by atoms with van der Waals surface area (Å²) in [5, 5.41) is 0. The van der Waals surface area contributed by atoms with E-state index in [0.717, 1.165) is 10.2 Å². The third-order valence-electron chi connectivity index (χ3n) is 2.91. The molecule has 0 N–H and O–H groups in total. The first-order valence-corrected chi connectivity index (χ1v) is 6.69. The van der Waals surface area contributed by atoms with Gasteiger partial charge in [0.15, 0.2) is 0 Å². The van der Waals surface area contributed by atoms with Crippen molar-refractivity contribution in [3.05, 3.63) is 40.0 Å². The lowest BCUT2D eigenvalue weighted by Crippen LogP contribution is -2.14.